The highest BCUT2D eigenvalue weighted by Gasteiger charge is 2.30. The first-order valence-electron chi connectivity index (χ1n) is 7.81. The molecule has 1 aromatic carbocycles. The monoisotopic (exact) mass is 270 g/mol. The summed E-state index contributed by atoms with van der Waals surface area (Å²) in [6, 6.07) is 8.81. The molecule has 1 aliphatic heterocycles. The van der Waals surface area contributed by atoms with Gasteiger partial charge in [0.1, 0.15) is 0 Å². The Labute approximate surface area is 122 Å². The van der Waals surface area contributed by atoms with E-state index in [0.29, 0.717) is 5.92 Å². The predicted octanol–water partition coefficient (Wildman–Crippen LogP) is 4.10. The van der Waals surface area contributed by atoms with Gasteiger partial charge in [-0.2, -0.15) is 0 Å². The lowest BCUT2D eigenvalue weighted by Gasteiger charge is -2.26. The minimum absolute atomic E-state index is 0.0273. The van der Waals surface area contributed by atoms with Gasteiger partial charge >= 0.3 is 7.12 Å². The van der Waals surface area contributed by atoms with Crippen molar-refractivity contribution in [1.82, 2.24) is 0 Å². The van der Waals surface area contributed by atoms with Crippen LogP contribution in [0.1, 0.15) is 36.8 Å². The Balaban J connectivity index is 1.72. The fourth-order valence-corrected chi connectivity index (χ4v) is 3.22. The molecule has 20 heavy (non-hydrogen) atoms. The molecule has 2 aliphatic rings. The SMILES string of the molecule is Cc1ccc(/C=C2\CCCCC2CB2OCCO2)cc1. The van der Waals surface area contributed by atoms with Crippen molar-refractivity contribution in [3.63, 3.8) is 0 Å². The first-order valence-corrected chi connectivity index (χ1v) is 7.81. The Morgan fingerprint density at radius 2 is 1.90 bits per heavy atom. The zero-order valence-corrected chi connectivity index (χ0v) is 12.3. The molecular weight excluding hydrogens is 247 g/mol. The topological polar surface area (TPSA) is 18.5 Å². The molecule has 1 saturated heterocycles. The zero-order chi connectivity index (χ0) is 13.8. The fraction of sp³-hybridized carbons (Fsp3) is 0.529. The Bertz CT molecular complexity index is 460. The maximum atomic E-state index is 5.62. The molecule has 0 amide bonds. The van der Waals surface area contributed by atoms with Crippen molar-refractivity contribution in [2.45, 2.75) is 38.9 Å². The minimum atomic E-state index is 0.0273. The Morgan fingerprint density at radius 1 is 1.15 bits per heavy atom. The Kier molecular flexibility index (Phi) is 4.59. The summed E-state index contributed by atoms with van der Waals surface area (Å²) in [5, 5.41) is 0. The third-order valence-corrected chi connectivity index (χ3v) is 4.39. The van der Waals surface area contributed by atoms with Crippen molar-refractivity contribution in [2.75, 3.05) is 13.2 Å². The molecule has 0 aromatic heterocycles. The molecule has 0 radical (unpaired) electrons. The first kappa shape index (κ1) is 13.9. The summed E-state index contributed by atoms with van der Waals surface area (Å²) < 4.78 is 11.2. The van der Waals surface area contributed by atoms with E-state index in [0.717, 1.165) is 19.5 Å². The quantitative estimate of drug-likeness (QED) is 0.770. The summed E-state index contributed by atoms with van der Waals surface area (Å²) in [6.45, 7) is 3.65. The van der Waals surface area contributed by atoms with Crippen LogP contribution in [0.3, 0.4) is 0 Å². The number of hydrogen-bond acceptors (Lipinski definition) is 2. The van der Waals surface area contributed by atoms with Gasteiger partial charge in [-0.3, -0.25) is 0 Å². The molecular formula is C17H23BO2. The molecule has 3 heteroatoms. The van der Waals surface area contributed by atoms with Gasteiger partial charge in [0.25, 0.3) is 0 Å². The Morgan fingerprint density at radius 3 is 2.65 bits per heavy atom. The number of benzene rings is 1. The van der Waals surface area contributed by atoms with Gasteiger partial charge in [0.05, 0.1) is 13.2 Å². The summed E-state index contributed by atoms with van der Waals surface area (Å²) in [5.41, 5.74) is 4.23. The highest BCUT2D eigenvalue weighted by molar-refractivity contribution is 6.45. The van der Waals surface area contributed by atoms with Crippen molar-refractivity contribution >= 4 is 13.2 Å². The van der Waals surface area contributed by atoms with Crippen LogP contribution < -0.4 is 0 Å². The summed E-state index contributed by atoms with van der Waals surface area (Å²) in [6.07, 6.45) is 8.57. The van der Waals surface area contributed by atoms with E-state index in [-0.39, 0.29) is 7.12 Å². The molecule has 1 atom stereocenters. The second-order valence-corrected chi connectivity index (χ2v) is 5.98. The number of allylic oxidation sites excluding steroid dienone is 1. The number of rotatable bonds is 3. The molecule has 2 nitrogen and oxygen atoms in total. The fourth-order valence-electron chi connectivity index (χ4n) is 3.22. The molecule has 1 saturated carbocycles. The Hall–Kier alpha value is -1.06. The van der Waals surface area contributed by atoms with E-state index < -0.39 is 0 Å². The molecule has 106 valence electrons. The molecule has 1 aliphatic carbocycles. The standard InChI is InChI=1S/C17H23BO2/c1-14-6-8-15(9-7-14)12-16-4-2-3-5-17(16)13-18-19-10-11-20-18/h6-9,12,17H,2-5,10-11,13H2,1H3/b16-12+. The highest BCUT2D eigenvalue weighted by Crippen LogP contribution is 2.35. The van der Waals surface area contributed by atoms with Crippen LogP contribution in [0, 0.1) is 12.8 Å². The van der Waals surface area contributed by atoms with Crippen molar-refractivity contribution in [3.8, 4) is 0 Å². The van der Waals surface area contributed by atoms with Gasteiger partial charge in [0, 0.05) is 0 Å². The number of hydrogen-bond donors (Lipinski definition) is 0. The van der Waals surface area contributed by atoms with Gasteiger partial charge in [-0.15, -0.1) is 0 Å². The third kappa shape index (κ3) is 3.53. The van der Waals surface area contributed by atoms with Gasteiger partial charge < -0.3 is 9.31 Å². The normalized spacial score (nSPS) is 25.4. The van der Waals surface area contributed by atoms with Crippen LogP contribution in [0.4, 0.5) is 0 Å². The molecule has 1 unspecified atom stereocenters. The van der Waals surface area contributed by atoms with E-state index >= 15 is 0 Å². The maximum absolute atomic E-state index is 5.62. The van der Waals surface area contributed by atoms with E-state index in [1.165, 1.54) is 36.8 Å². The lowest BCUT2D eigenvalue weighted by Crippen LogP contribution is -2.21. The highest BCUT2D eigenvalue weighted by atomic mass is 16.6. The van der Waals surface area contributed by atoms with Gasteiger partial charge in [-0.1, -0.05) is 47.9 Å². The molecule has 2 fully saturated rings. The lowest BCUT2D eigenvalue weighted by molar-refractivity contribution is 0.354. The van der Waals surface area contributed by atoms with Gasteiger partial charge in [0.2, 0.25) is 0 Å². The minimum Gasteiger partial charge on any atom is -0.409 e. The van der Waals surface area contributed by atoms with Gasteiger partial charge in [-0.05, 0) is 44.0 Å². The van der Waals surface area contributed by atoms with Crippen molar-refractivity contribution in [2.24, 2.45) is 5.92 Å². The molecule has 0 spiro atoms. The largest absolute Gasteiger partial charge is 0.457 e. The van der Waals surface area contributed by atoms with Crippen LogP contribution in [0.5, 0.6) is 0 Å². The van der Waals surface area contributed by atoms with Crippen molar-refractivity contribution in [3.05, 3.63) is 41.0 Å². The predicted molar refractivity (Wildman–Crippen MR) is 83.6 cm³/mol. The van der Waals surface area contributed by atoms with Crippen LogP contribution in [0.25, 0.3) is 6.08 Å². The summed E-state index contributed by atoms with van der Waals surface area (Å²) in [4.78, 5) is 0. The first-order chi connectivity index (χ1) is 9.81. The van der Waals surface area contributed by atoms with Crippen LogP contribution in [-0.4, -0.2) is 20.3 Å². The van der Waals surface area contributed by atoms with E-state index in [1.54, 1.807) is 5.57 Å². The van der Waals surface area contributed by atoms with Crippen LogP contribution >= 0.6 is 0 Å². The average Bonchev–Trinajstić information content (AvgIpc) is 2.96. The number of aryl methyl sites for hydroxylation is 1. The summed E-state index contributed by atoms with van der Waals surface area (Å²) >= 11 is 0. The molecule has 1 aromatic rings. The molecule has 1 heterocycles. The second kappa shape index (κ2) is 6.60. The molecule has 0 bridgehead atoms. The van der Waals surface area contributed by atoms with Gasteiger partial charge in [-0.25, -0.2) is 0 Å². The average molecular weight is 270 g/mol. The van der Waals surface area contributed by atoms with Gasteiger partial charge in [0.15, 0.2) is 0 Å². The van der Waals surface area contributed by atoms with E-state index in [2.05, 4.69) is 37.3 Å². The van der Waals surface area contributed by atoms with E-state index in [9.17, 15) is 0 Å². The van der Waals surface area contributed by atoms with E-state index in [1.807, 2.05) is 0 Å². The maximum Gasteiger partial charge on any atom is 0.457 e. The molecule has 0 N–H and O–H groups in total. The third-order valence-electron chi connectivity index (χ3n) is 4.39. The summed E-state index contributed by atoms with van der Waals surface area (Å²) in [7, 11) is 0.0273. The smallest absolute Gasteiger partial charge is 0.409 e. The zero-order valence-electron chi connectivity index (χ0n) is 12.3. The van der Waals surface area contributed by atoms with Crippen LogP contribution in [-0.2, 0) is 9.31 Å². The second-order valence-electron chi connectivity index (χ2n) is 5.98. The molecule has 3 rings (SSSR count). The van der Waals surface area contributed by atoms with E-state index in [4.69, 9.17) is 9.31 Å². The summed E-state index contributed by atoms with van der Waals surface area (Å²) in [5.74, 6) is 0.633. The lowest BCUT2D eigenvalue weighted by atomic mass is 9.69. The van der Waals surface area contributed by atoms with Crippen LogP contribution in [0.2, 0.25) is 6.32 Å². The van der Waals surface area contributed by atoms with Crippen molar-refractivity contribution in [1.29, 1.82) is 0 Å². The van der Waals surface area contributed by atoms with Crippen LogP contribution in [0.15, 0.2) is 29.8 Å². The van der Waals surface area contributed by atoms with Crippen molar-refractivity contribution < 1.29 is 9.31 Å².